The quantitative estimate of drug-likeness (QED) is 0.905. The highest BCUT2D eigenvalue weighted by Gasteiger charge is 2.12. The fourth-order valence-corrected chi connectivity index (χ4v) is 3.12. The normalized spacial score (nSPS) is 12.7. The molecule has 0 amide bonds. The highest BCUT2D eigenvalue weighted by Crippen LogP contribution is 2.25. The van der Waals surface area contributed by atoms with Crippen LogP contribution < -0.4 is 5.32 Å². The zero-order valence-corrected chi connectivity index (χ0v) is 12.7. The minimum Gasteiger partial charge on any atom is -0.305 e. The second-order valence-corrected chi connectivity index (χ2v) is 6.18. The van der Waals surface area contributed by atoms with Crippen LogP contribution in [0.1, 0.15) is 34.1 Å². The Morgan fingerprint density at radius 3 is 2.74 bits per heavy atom. The lowest BCUT2D eigenvalue weighted by Gasteiger charge is -2.13. The van der Waals surface area contributed by atoms with Crippen LogP contribution in [0.3, 0.4) is 0 Å². The van der Waals surface area contributed by atoms with Gasteiger partial charge in [-0.1, -0.05) is 17.7 Å². The van der Waals surface area contributed by atoms with Gasteiger partial charge in [0, 0.05) is 17.5 Å². The van der Waals surface area contributed by atoms with E-state index in [9.17, 15) is 4.39 Å². The van der Waals surface area contributed by atoms with Gasteiger partial charge < -0.3 is 5.32 Å². The number of thiazole rings is 1. The third-order valence-electron chi connectivity index (χ3n) is 2.93. The molecule has 1 heterocycles. The van der Waals surface area contributed by atoms with Gasteiger partial charge in [0.05, 0.1) is 15.7 Å². The molecule has 0 saturated heterocycles. The van der Waals surface area contributed by atoms with Crippen molar-refractivity contribution in [2.75, 3.05) is 0 Å². The lowest BCUT2D eigenvalue weighted by Crippen LogP contribution is -2.17. The van der Waals surface area contributed by atoms with Crippen LogP contribution in [0.15, 0.2) is 18.2 Å². The molecule has 1 aromatic carbocycles. The summed E-state index contributed by atoms with van der Waals surface area (Å²) in [6, 6.07) is 5.01. The Bertz CT molecular complexity index is 583. The maximum absolute atomic E-state index is 13.1. The van der Waals surface area contributed by atoms with E-state index in [1.807, 2.05) is 13.8 Å². The predicted molar refractivity (Wildman–Crippen MR) is 78.3 cm³/mol. The molecular formula is C14H16ClFN2S. The number of benzene rings is 1. The van der Waals surface area contributed by atoms with Gasteiger partial charge in [-0.05, 0) is 38.5 Å². The van der Waals surface area contributed by atoms with E-state index < -0.39 is 0 Å². The van der Waals surface area contributed by atoms with E-state index in [1.165, 1.54) is 10.9 Å². The Balaban J connectivity index is 2.02. The van der Waals surface area contributed by atoms with Crippen molar-refractivity contribution in [1.29, 1.82) is 0 Å². The van der Waals surface area contributed by atoms with Gasteiger partial charge in [-0.3, -0.25) is 0 Å². The average molecular weight is 299 g/mol. The summed E-state index contributed by atoms with van der Waals surface area (Å²) in [6.07, 6.45) is 0. The summed E-state index contributed by atoms with van der Waals surface area (Å²) in [5.41, 5.74) is 2.04. The minimum atomic E-state index is -0.382. The van der Waals surface area contributed by atoms with E-state index in [-0.39, 0.29) is 16.9 Å². The van der Waals surface area contributed by atoms with Crippen LogP contribution >= 0.6 is 22.9 Å². The maximum Gasteiger partial charge on any atom is 0.141 e. The number of hydrogen-bond acceptors (Lipinski definition) is 3. The SMILES string of the molecule is Cc1nc(C)c(C(C)NCc2ccc(F)c(Cl)c2)s1. The molecule has 102 valence electrons. The van der Waals surface area contributed by atoms with Crippen molar-refractivity contribution in [2.45, 2.75) is 33.4 Å². The zero-order valence-electron chi connectivity index (χ0n) is 11.1. The van der Waals surface area contributed by atoms with E-state index in [4.69, 9.17) is 11.6 Å². The fraction of sp³-hybridized carbons (Fsp3) is 0.357. The molecule has 0 fully saturated rings. The van der Waals surface area contributed by atoms with Gasteiger partial charge in [0.1, 0.15) is 5.82 Å². The smallest absolute Gasteiger partial charge is 0.141 e. The molecule has 1 atom stereocenters. The van der Waals surface area contributed by atoms with Crippen molar-refractivity contribution < 1.29 is 4.39 Å². The molecule has 0 radical (unpaired) electrons. The Labute approximate surface area is 121 Å². The van der Waals surface area contributed by atoms with Crippen molar-refractivity contribution in [2.24, 2.45) is 0 Å². The summed E-state index contributed by atoms with van der Waals surface area (Å²) in [6.45, 7) is 6.78. The van der Waals surface area contributed by atoms with Crippen LogP contribution in [0.5, 0.6) is 0 Å². The van der Waals surface area contributed by atoms with Crippen molar-refractivity contribution in [3.8, 4) is 0 Å². The Hall–Kier alpha value is -0.970. The Kier molecular flexibility index (Phi) is 4.55. The number of nitrogens with zero attached hydrogens (tertiary/aromatic N) is 1. The molecule has 0 aliphatic rings. The standard InChI is InChI=1S/C14H16ClFN2S/c1-8(14-9(2)18-10(3)19-14)17-7-11-4-5-13(16)12(15)6-11/h4-6,8,17H,7H2,1-3H3. The van der Waals surface area contributed by atoms with E-state index in [0.29, 0.717) is 6.54 Å². The first-order chi connectivity index (χ1) is 8.97. The van der Waals surface area contributed by atoms with Crippen molar-refractivity contribution >= 4 is 22.9 Å². The molecule has 0 spiro atoms. The lowest BCUT2D eigenvalue weighted by molar-refractivity contribution is 0.577. The molecular weight excluding hydrogens is 283 g/mol. The minimum absolute atomic E-state index is 0.164. The van der Waals surface area contributed by atoms with Gasteiger partial charge in [-0.2, -0.15) is 0 Å². The van der Waals surface area contributed by atoms with Gasteiger partial charge >= 0.3 is 0 Å². The van der Waals surface area contributed by atoms with E-state index in [0.717, 1.165) is 16.3 Å². The molecule has 0 aliphatic heterocycles. The summed E-state index contributed by atoms with van der Waals surface area (Å²) in [4.78, 5) is 5.66. The summed E-state index contributed by atoms with van der Waals surface area (Å²) in [5, 5.41) is 4.64. The third kappa shape index (κ3) is 3.53. The van der Waals surface area contributed by atoms with Crippen LogP contribution in [-0.2, 0) is 6.54 Å². The first kappa shape index (κ1) is 14.4. The maximum atomic E-state index is 13.1. The van der Waals surface area contributed by atoms with Gasteiger partial charge in [-0.15, -0.1) is 11.3 Å². The Morgan fingerprint density at radius 1 is 1.42 bits per heavy atom. The fourth-order valence-electron chi connectivity index (χ4n) is 1.96. The first-order valence-corrected chi connectivity index (χ1v) is 7.28. The molecule has 1 N–H and O–H groups in total. The lowest BCUT2D eigenvalue weighted by atomic mass is 10.2. The van der Waals surface area contributed by atoms with Crippen LogP contribution in [0, 0.1) is 19.7 Å². The first-order valence-electron chi connectivity index (χ1n) is 6.08. The molecule has 19 heavy (non-hydrogen) atoms. The number of halogens is 2. The molecule has 0 bridgehead atoms. The molecule has 1 unspecified atom stereocenters. The molecule has 1 aromatic heterocycles. The summed E-state index contributed by atoms with van der Waals surface area (Å²) in [7, 11) is 0. The second kappa shape index (κ2) is 5.99. The largest absolute Gasteiger partial charge is 0.305 e. The van der Waals surface area contributed by atoms with Crippen LogP contribution in [-0.4, -0.2) is 4.98 Å². The van der Waals surface area contributed by atoms with Crippen LogP contribution in [0.25, 0.3) is 0 Å². The van der Waals surface area contributed by atoms with Gasteiger partial charge in [0.15, 0.2) is 0 Å². The molecule has 2 aromatic rings. The topological polar surface area (TPSA) is 24.9 Å². The van der Waals surface area contributed by atoms with Crippen molar-refractivity contribution in [1.82, 2.24) is 10.3 Å². The summed E-state index contributed by atoms with van der Waals surface area (Å²) >= 11 is 7.47. The van der Waals surface area contributed by atoms with E-state index in [2.05, 4.69) is 17.2 Å². The van der Waals surface area contributed by atoms with E-state index in [1.54, 1.807) is 23.5 Å². The average Bonchev–Trinajstić information content (AvgIpc) is 2.70. The number of aromatic nitrogens is 1. The third-order valence-corrected chi connectivity index (χ3v) is 4.47. The van der Waals surface area contributed by atoms with Gasteiger partial charge in [-0.25, -0.2) is 9.37 Å². The van der Waals surface area contributed by atoms with Crippen LogP contribution in [0.4, 0.5) is 4.39 Å². The zero-order chi connectivity index (χ0) is 14.0. The van der Waals surface area contributed by atoms with Gasteiger partial charge in [0.2, 0.25) is 0 Å². The monoisotopic (exact) mass is 298 g/mol. The molecule has 5 heteroatoms. The highest BCUT2D eigenvalue weighted by atomic mass is 35.5. The molecule has 2 nitrogen and oxygen atoms in total. The molecule has 2 rings (SSSR count). The Morgan fingerprint density at radius 2 is 2.16 bits per heavy atom. The molecule has 0 aliphatic carbocycles. The highest BCUT2D eigenvalue weighted by molar-refractivity contribution is 7.11. The molecule has 0 saturated carbocycles. The second-order valence-electron chi connectivity index (χ2n) is 4.53. The van der Waals surface area contributed by atoms with E-state index >= 15 is 0 Å². The van der Waals surface area contributed by atoms with Gasteiger partial charge in [0.25, 0.3) is 0 Å². The summed E-state index contributed by atoms with van der Waals surface area (Å²) < 4.78 is 13.1. The van der Waals surface area contributed by atoms with Crippen LogP contribution in [0.2, 0.25) is 5.02 Å². The predicted octanol–water partition coefficient (Wildman–Crippen LogP) is 4.40. The number of hydrogen-bond donors (Lipinski definition) is 1. The number of aryl methyl sites for hydroxylation is 2. The number of nitrogens with one attached hydrogen (secondary N) is 1. The number of rotatable bonds is 4. The van der Waals surface area contributed by atoms with Crippen molar-refractivity contribution in [3.63, 3.8) is 0 Å². The van der Waals surface area contributed by atoms with Crippen molar-refractivity contribution in [3.05, 3.63) is 50.2 Å². The summed E-state index contributed by atoms with van der Waals surface area (Å²) in [5.74, 6) is -0.382.